The van der Waals surface area contributed by atoms with E-state index in [0.29, 0.717) is 31.8 Å². The molecule has 33 heavy (non-hydrogen) atoms. The van der Waals surface area contributed by atoms with Crippen molar-refractivity contribution in [3.63, 3.8) is 0 Å². The zero-order valence-corrected chi connectivity index (χ0v) is 19.0. The molecule has 0 radical (unpaired) electrons. The number of hydrogen-bond donors (Lipinski definition) is 2. The van der Waals surface area contributed by atoms with E-state index in [-0.39, 0.29) is 36.6 Å². The smallest absolute Gasteiger partial charge is 0.335 e. The van der Waals surface area contributed by atoms with Crippen molar-refractivity contribution in [3.05, 3.63) is 65.7 Å². The number of carboxylic acid groups (broad SMARTS) is 1. The Hall–Kier alpha value is -3.39. The van der Waals surface area contributed by atoms with Gasteiger partial charge in [0.1, 0.15) is 17.9 Å². The Labute approximate surface area is 193 Å². The number of ether oxygens (including phenoxy) is 2. The van der Waals surface area contributed by atoms with Crippen LogP contribution in [0.1, 0.15) is 48.7 Å². The molecular formula is C25H30N2O6. The van der Waals surface area contributed by atoms with Crippen LogP contribution in [0, 0.1) is 0 Å². The molecule has 2 amide bonds. The minimum atomic E-state index is -1.04. The molecule has 8 nitrogen and oxygen atoms in total. The minimum Gasteiger partial charge on any atom is -0.492 e. The first kappa shape index (κ1) is 24.3. The van der Waals surface area contributed by atoms with Crippen LogP contribution in [0.25, 0.3) is 0 Å². The lowest BCUT2D eigenvalue weighted by atomic mass is 9.86. The van der Waals surface area contributed by atoms with Gasteiger partial charge in [-0.15, -0.1) is 0 Å². The lowest BCUT2D eigenvalue weighted by molar-refractivity contribution is -0.154. The van der Waals surface area contributed by atoms with Crippen molar-refractivity contribution in [2.45, 2.75) is 38.3 Å². The molecule has 1 fully saturated rings. The maximum atomic E-state index is 13.6. The highest BCUT2D eigenvalue weighted by Crippen LogP contribution is 2.30. The largest absolute Gasteiger partial charge is 0.492 e. The van der Waals surface area contributed by atoms with Crippen LogP contribution in [0.2, 0.25) is 0 Å². The fourth-order valence-corrected chi connectivity index (χ4v) is 4.10. The van der Waals surface area contributed by atoms with Crippen LogP contribution in [0.15, 0.2) is 54.6 Å². The van der Waals surface area contributed by atoms with E-state index < -0.39 is 11.5 Å². The van der Waals surface area contributed by atoms with Gasteiger partial charge in [0.25, 0.3) is 0 Å². The maximum absolute atomic E-state index is 13.6. The predicted octanol–water partition coefficient (Wildman–Crippen LogP) is 3.04. The third-order valence-corrected chi connectivity index (χ3v) is 5.97. The molecule has 2 aromatic rings. The molecule has 0 aromatic heterocycles. The van der Waals surface area contributed by atoms with E-state index in [9.17, 15) is 14.4 Å². The zero-order valence-electron chi connectivity index (χ0n) is 19.0. The van der Waals surface area contributed by atoms with Crippen LogP contribution >= 0.6 is 0 Å². The number of rotatable bonds is 9. The van der Waals surface area contributed by atoms with Gasteiger partial charge in [-0.3, -0.25) is 9.59 Å². The van der Waals surface area contributed by atoms with Gasteiger partial charge in [-0.05, 0) is 36.8 Å². The van der Waals surface area contributed by atoms with Crippen LogP contribution in [0.5, 0.6) is 5.75 Å². The van der Waals surface area contributed by atoms with E-state index in [1.54, 1.807) is 17.0 Å². The van der Waals surface area contributed by atoms with Crippen molar-refractivity contribution in [2.75, 3.05) is 26.4 Å². The molecule has 0 saturated carbocycles. The standard InChI is InChI=1S/C25H30N2O6/c1-18(20-8-10-21(11-9-20)23(29)30)26-24(31)25(12-15-32-16-13-25)27(19(2)28)14-17-33-22-6-4-3-5-7-22/h3-11,18H,12-17H2,1-2H3,(H,26,31)(H,29,30)/t18-/m0/s1. The van der Waals surface area contributed by atoms with Crippen LogP contribution in [0.3, 0.4) is 0 Å². The van der Waals surface area contributed by atoms with Crippen molar-refractivity contribution >= 4 is 17.8 Å². The van der Waals surface area contributed by atoms with E-state index in [0.717, 1.165) is 5.56 Å². The number of hydrogen-bond acceptors (Lipinski definition) is 5. The number of carbonyl (C=O) groups excluding carboxylic acids is 2. The van der Waals surface area contributed by atoms with Crippen molar-refractivity contribution in [1.82, 2.24) is 10.2 Å². The van der Waals surface area contributed by atoms with Crippen LogP contribution in [-0.2, 0) is 14.3 Å². The van der Waals surface area contributed by atoms with E-state index in [4.69, 9.17) is 14.6 Å². The van der Waals surface area contributed by atoms with Gasteiger partial charge >= 0.3 is 5.97 Å². The summed E-state index contributed by atoms with van der Waals surface area (Å²) in [5.41, 5.74) is -0.0870. The third kappa shape index (κ3) is 5.90. The molecule has 1 aliphatic rings. The fraction of sp³-hybridized carbons (Fsp3) is 0.400. The van der Waals surface area contributed by atoms with Crippen molar-refractivity contribution in [3.8, 4) is 5.75 Å². The van der Waals surface area contributed by atoms with Gasteiger partial charge in [0.05, 0.1) is 18.2 Å². The number of carbonyl (C=O) groups is 3. The second kappa shape index (κ2) is 11.0. The molecule has 0 spiro atoms. The second-order valence-electron chi connectivity index (χ2n) is 8.10. The molecule has 1 heterocycles. The molecular weight excluding hydrogens is 424 g/mol. The van der Waals surface area contributed by atoms with Gasteiger partial charge in [-0.2, -0.15) is 0 Å². The Bertz CT molecular complexity index is 955. The second-order valence-corrected chi connectivity index (χ2v) is 8.10. The summed E-state index contributed by atoms with van der Waals surface area (Å²) in [5.74, 6) is -0.767. The molecule has 2 N–H and O–H groups in total. The summed E-state index contributed by atoms with van der Waals surface area (Å²) in [6, 6.07) is 15.3. The first-order chi connectivity index (χ1) is 15.8. The van der Waals surface area contributed by atoms with Gasteiger partial charge < -0.3 is 24.8 Å². The highest BCUT2D eigenvalue weighted by molar-refractivity contribution is 5.91. The van der Waals surface area contributed by atoms with E-state index in [2.05, 4.69) is 5.32 Å². The third-order valence-electron chi connectivity index (χ3n) is 5.97. The number of para-hydroxylation sites is 1. The minimum absolute atomic E-state index is 0.180. The normalized spacial score (nSPS) is 15.8. The number of benzene rings is 2. The van der Waals surface area contributed by atoms with Crippen molar-refractivity contribution < 1.29 is 29.0 Å². The lowest BCUT2D eigenvalue weighted by Gasteiger charge is -2.45. The number of amides is 2. The number of nitrogens with one attached hydrogen (secondary N) is 1. The van der Waals surface area contributed by atoms with Gasteiger partial charge in [0, 0.05) is 33.0 Å². The van der Waals surface area contributed by atoms with Gasteiger partial charge in [0.15, 0.2) is 0 Å². The van der Waals surface area contributed by atoms with E-state index in [1.165, 1.54) is 19.1 Å². The summed E-state index contributed by atoms with van der Waals surface area (Å²) in [5, 5.41) is 12.1. The van der Waals surface area contributed by atoms with Gasteiger partial charge in [-0.25, -0.2) is 4.79 Å². The molecule has 1 saturated heterocycles. The van der Waals surface area contributed by atoms with Crippen LogP contribution < -0.4 is 10.1 Å². The molecule has 176 valence electrons. The summed E-state index contributed by atoms with van der Waals surface area (Å²) in [7, 11) is 0. The average molecular weight is 455 g/mol. The van der Waals surface area contributed by atoms with Gasteiger partial charge in [0.2, 0.25) is 11.8 Å². The summed E-state index contributed by atoms with van der Waals surface area (Å²) < 4.78 is 11.3. The molecule has 1 aliphatic heterocycles. The SMILES string of the molecule is CC(=O)N(CCOc1ccccc1)C1(C(=O)N[C@@H](C)c2ccc(C(=O)O)cc2)CCOCC1. The topological polar surface area (TPSA) is 105 Å². The Kier molecular flexibility index (Phi) is 8.06. The first-order valence-corrected chi connectivity index (χ1v) is 11.0. The number of nitrogens with zero attached hydrogens (tertiary/aromatic N) is 1. The average Bonchev–Trinajstić information content (AvgIpc) is 2.82. The molecule has 3 rings (SSSR count). The van der Waals surface area contributed by atoms with E-state index in [1.807, 2.05) is 37.3 Å². The van der Waals surface area contributed by atoms with Crippen molar-refractivity contribution in [2.24, 2.45) is 0 Å². The van der Waals surface area contributed by atoms with Crippen LogP contribution in [-0.4, -0.2) is 59.7 Å². The predicted molar refractivity (Wildman–Crippen MR) is 122 cm³/mol. The highest BCUT2D eigenvalue weighted by Gasteiger charge is 2.46. The molecule has 0 bridgehead atoms. The zero-order chi connectivity index (χ0) is 23.8. The first-order valence-electron chi connectivity index (χ1n) is 11.0. The van der Waals surface area contributed by atoms with Crippen molar-refractivity contribution in [1.29, 1.82) is 0 Å². The monoisotopic (exact) mass is 454 g/mol. The van der Waals surface area contributed by atoms with E-state index >= 15 is 0 Å². The fourth-order valence-electron chi connectivity index (χ4n) is 4.10. The summed E-state index contributed by atoms with van der Waals surface area (Å²) in [4.78, 5) is 38.9. The molecule has 0 unspecified atom stereocenters. The molecule has 1 atom stereocenters. The Morgan fingerprint density at radius 3 is 2.30 bits per heavy atom. The Morgan fingerprint density at radius 2 is 1.73 bits per heavy atom. The summed E-state index contributed by atoms with van der Waals surface area (Å²) >= 11 is 0. The molecule has 8 heteroatoms. The van der Waals surface area contributed by atoms with Gasteiger partial charge in [-0.1, -0.05) is 30.3 Å². The Morgan fingerprint density at radius 1 is 1.09 bits per heavy atom. The number of aromatic carboxylic acids is 1. The maximum Gasteiger partial charge on any atom is 0.335 e. The molecule has 2 aromatic carbocycles. The quantitative estimate of drug-likeness (QED) is 0.603. The highest BCUT2D eigenvalue weighted by atomic mass is 16.5. The summed E-state index contributed by atoms with van der Waals surface area (Å²) in [6.07, 6.45) is 0.767. The van der Waals surface area contributed by atoms with Crippen LogP contribution in [0.4, 0.5) is 0 Å². The summed E-state index contributed by atoms with van der Waals surface area (Å²) in [6.45, 7) is 4.56. The number of carboxylic acids is 1. The Balaban J connectivity index is 1.74. The lowest BCUT2D eigenvalue weighted by Crippen LogP contribution is -2.63. The molecule has 0 aliphatic carbocycles.